The van der Waals surface area contributed by atoms with Crippen molar-refractivity contribution < 1.29 is 19.1 Å². The maximum Gasteiger partial charge on any atom is 0.341 e. The number of amides is 2. The standard InChI is InChI=1S/C21H19ClN4O4/c22-17-12-15(18-9-11-20(28)26-24-18)7-8-16(17)21(29)30-13-23-25-19(27)10-6-14-4-2-1-3-5-14/h1-8,10,12,23H,9,11,13H2,(H,25,27)(H,26,28). The molecule has 0 atom stereocenters. The first-order chi connectivity index (χ1) is 14.5. The van der Waals surface area contributed by atoms with Crippen LogP contribution in [-0.2, 0) is 14.3 Å². The molecule has 0 spiro atoms. The zero-order valence-corrected chi connectivity index (χ0v) is 16.6. The highest BCUT2D eigenvalue weighted by Gasteiger charge is 2.17. The minimum atomic E-state index is -0.646. The molecule has 1 aliphatic heterocycles. The number of ether oxygens (including phenoxy) is 1. The molecule has 2 aromatic rings. The number of hydrogen-bond acceptors (Lipinski definition) is 6. The number of hydrogen-bond donors (Lipinski definition) is 3. The Morgan fingerprint density at radius 2 is 1.97 bits per heavy atom. The fourth-order valence-electron chi connectivity index (χ4n) is 2.62. The Hall–Kier alpha value is -3.49. The lowest BCUT2D eigenvalue weighted by Crippen LogP contribution is -2.38. The minimum absolute atomic E-state index is 0.139. The first-order valence-electron chi connectivity index (χ1n) is 9.11. The van der Waals surface area contributed by atoms with Crippen molar-refractivity contribution in [1.29, 1.82) is 0 Å². The molecule has 0 bridgehead atoms. The lowest BCUT2D eigenvalue weighted by molar-refractivity contribution is -0.121. The third-order valence-electron chi connectivity index (χ3n) is 4.14. The molecule has 0 saturated heterocycles. The van der Waals surface area contributed by atoms with E-state index in [2.05, 4.69) is 21.4 Å². The molecule has 2 amide bonds. The third-order valence-corrected chi connectivity index (χ3v) is 4.45. The predicted octanol–water partition coefficient (Wildman–Crippen LogP) is 2.40. The van der Waals surface area contributed by atoms with Crippen LogP contribution < -0.4 is 16.3 Å². The monoisotopic (exact) mass is 426 g/mol. The molecule has 9 heteroatoms. The van der Waals surface area contributed by atoms with E-state index in [4.69, 9.17) is 16.3 Å². The summed E-state index contributed by atoms with van der Waals surface area (Å²) in [5, 5.41) is 4.20. The first kappa shape index (κ1) is 21.2. The van der Waals surface area contributed by atoms with Gasteiger partial charge in [-0.05, 0) is 29.3 Å². The van der Waals surface area contributed by atoms with Gasteiger partial charge < -0.3 is 4.74 Å². The van der Waals surface area contributed by atoms with Gasteiger partial charge in [-0.25, -0.2) is 10.2 Å². The van der Waals surface area contributed by atoms with Gasteiger partial charge in [-0.2, -0.15) is 10.5 Å². The van der Waals surface area contributed by atoms with Crippen LogP contribution in [0.4, 0.5) is 0 Å². The van der Waals surface area contributed by atoms with Gasteiger partial charge in [0.25, 0.3) is 5.91 Å². The molecule has 8 nitrogen and oxygen atoms in total. The smallest absolute Gasteiger partial charge is 0.341 e. The van der Waals surface area contributed by atoms with Gasteiger partial charge >= 0.3 is 5.97 Å². The number of halogens is 1. The van der Waals surface area contributed by atoms with E-state index in [-0.39, 0.29) is 23.2 Å². The van der Waals surface area contributed by atoms with Gasteiger partial charge in [0, 0.05) is 18.9 Å². The van der Waals surface area contributed by atoms with Gasteiger partial charge in [0.15, 0.2) is 6.73 Å². The van der Waals surface area contributed by atoms with Crippen molar-refractivity contribution in [2.45, 2.75) is 12.8 Å². The van der Waals surface area contributed by atoms with Gasteiger partial charge in [0.05, 0.1) is 16.3 Å². The van der Waals surface area contributed by atoms with Gasteiger partial charge in [-0.1, -0.05) is 48.0 Å². The van der Waals surface area contributed by atoms with Crippen LogP contribution in [0.2, 0.25) is 5.02 Å². The summed E-state index contributed by atoms with van der Waals surface area (Å²) in [5.74, 6) is -1.18. The Kier molecular flexibility index (Phi) is 7.31. The molecule has 0 aliphatic carbocycles. The average Bonchev–Trinajstić information content (AvgIpc) is 2.76. The lowest BCUT2D eigenvalue weighted by Gasteiger charge is -2.13. The number of hydrazine groups is 1. The molecule has 3 rings (SSSR count). The second kappa shape index (κ2) is 10.3. The van der Waals surface area contributed by atoms with Gasteiger partial charge in [0.2, 0.25) is 5.91 Å². The first-order valence-corrected chi connectivity index (χ1v) is 9.49. The Bertz CT molecular complexity index is 1010. The molecule has 0 aromatic heterocycles. The van der Waals surface area contributed by atoms with Crippen molar-refractivity contribution in [2.24, 2.45) is 5.10 Å². The molecule has 0 fully saturated rings. The zero-order chi connectivity index (χ0) is 21.3. The summed E-state index contributed by atoms with van der Waals surface area (Å²) in [6.45, 7) is -0.236. The number of carbonyl (C=O) groups is 3. The molecular weight excluding hydrogens is 408 g/mol. The SMILES string of the molecule is O=C(C=Cc1ccccc1)NNCOC(=O)c1ccc(C2=NNC(=O)CC2)cc1Cl. The van der Waals surface area contributed by atoms with E-state index in [9.17, 15) is 14.4 Å². The van der Waals surface area contributed by atoms with Crippen molar-refractivity contribution in [3.63, 3.8) is 0 Å². The number of rotatable bonds is 7. The van der Waals surface area contributed by atoms with E-state index in [1.807, 2.05) is 30.3 Å². The van der Waals surface area contributed by atoms with E-state index in [1.165, 1.54) is 12.1 Å². The second-order valence-corrected chi connectivity index (χ2v) is 6.68. The fraction of sp³-hybridized carbons (Fsp3) is 0.143. The number of carbonyl (C=O) groups excluding carboxylic acids is 3. The number of nitrogens with zero attached hydrogens (tertiary/aromatic N) is 1. The largest absolute Gasteiger partial charge is 0.444 e. The Morgan fingerprint density at radius 3 is 2.67 bits per heavy atom. The van der Waals surface area contributed by atoms with E-state index in [1.54, 1.807) is 18.2 Å². The van der Waals surface area contributed by atoms with Crippen molar-refractivity contribution in [2.75, 3.05) is 6.73 Å². The predicted molar refractivity (Wildman–Crippen MR) is 112 cm³/mol. The lowest BCUT2D eigenvalue weighted by atomic mass is 10.0. The molecule has 154 valence electrons. The van der Waals surface area contributed by atoms with Crippen LogP contribution in [0, 0.1) is 0 Å². The second-order valence-electron chi connectivity index (χ2n) is 6.27. The van der Waals surface area contributed by atoms with E-state index >= 15 is 0 Å². The third kappa shape index (κ3) is 6.00. The Labute approximate surface area is 177 Å². The summed E-state index contributed by atoms with van der Waals surface area (Å²) in [7, 11) is 0. The van der Waals surface area contributed by atoms with Crippen LogP contribution in [0.5, 0.6) is 0 Å². The number of esters is 1. The van der Waals surface area contributed by atoms with Crippen LogP contribution in [-0.4, -0.2) is 30.2 Å². The van der Waals surface area contributed by atoms with Crippen LogP contribution in [0.25, 0.3) is 6.08 Å². The minimum Gasteiger partial charge on any atom is -0.444 e. The summed E-state index contributed by atoms with van der Waals surface area (Å²) in [4.78, 5) is 35.1. The fourth-order valence-corrected chi connectivity index (χ4v) is 2.88. The number of nitrogens with one attached hydrogen (secondary N) is 3. The van der Waals surface area contributed by atoms with Gasteiger partial charge in [0.1, 0.15) is 0 Å². The van der Waals surface area contributed by atoms with Crippen LogP contribution in [0.1, 0.15) is 34.3 Å². The molecule has 30 heavy (non-hydrogen) atoms. The normalized spacial score (nSPS) is 13.5. The quantitative estimate of drug-likeness (QED) is 0.207. The van der Waals surface area contributed by atoms with Crippen molar-refractivity contribution in [1.82, 2.24) is 16.3 Å². The molecular formula is C21H19ClN4O4. The maximum absolute atomic E-state index is 12.2. The topological polar surface area (TPSA) is 109 Å². The molecule has 0 radical (unpaired) electrons. The highest BCUT2D eigenvalue weighted by atomic mass is 35.5. The van der Waals surface area contributed by atoms with Crippen LogP contribution in [0.15, 0.2) is 59.7 Å². The summed E-state index contributed by atoms with van der Waals surface area (Å²) < 4.78 is 5.06. The van der Waals surface area contributed by atoms with Gasteiger partial charge in [-0.15, -0.1) is 0 Å². The van der Waals surface area contributed by atoms with Crippen LogP contribution >= 0.6 is 11.6 Å². The maximum atomic E-state index is 12.2. The van der Waals surface area contributed by atoms with E-state index in [0.29, 0.717) is 24.1 Å². The average molecular weight is 427 g/mol. The van der Waals surface area contributed by atoms with Crippen molar-refractivity contribution >= 4 is 41.2 Å². The summed E-state index contributed by atoms with van der Waals surface area (Å²) in [5.41, 5.74) is 9.79. The van der Waals surface area contributed by atoms with E-state index < -0.39 is 11.9 Å². The number of hydrazone groups is 1. The molecule has 0 unspecified atom stereocenters. The number of benzene rings is 2. The Morgan fingerprint density at radius 1 is 1.17 bits per heavy atom. The van der Waals surface area contributed by atoms with Crippen molar-refractivity contribution in [3.8, 4) is 0 Å². The van der Waals surface area contributed by atoms with E-state index in [0.717, 1.165) is 5.56 Å². The highest BCUT2D eigenvalue weighted by molar-refractivity contribution is 6.34. The molecule has 1 heterocycles. The summed E-state index contributed by atoms with van der Waals surface area (Å²) in [6.07, 6.45) is 3.86. The highest BCUT2D eigenvalue weighted by Crippen LogP contribution is 2.21. The summed E-state index contributed by atoms with van der Waals surface area (Å²) in [6, 6.07) is 14.2. The van der Waals surface area contributed by atoms with Crippen LogP contribution in [0.3, 0.4) is 0 Å². The Balaban J connectivity index is 1.46. The molecule has 0 saturated carbocycles. The molecule has 3 N–H and O–H groups in total. The molecule has 2 aromatic carbocycles. The van der Waals surface area contributed by atoms with Crippen molar-refractivity contribution in [3.05, 3.63) is 76.3 Å². The zero-order valence-electron chi connectivity index (χ0n) is 15.9. The van der Waals surface area contributed by atoms with Gasteiger partial charge in [-0.3, -0.25) is 15.0 Å². The molecule has 1 aliphatic rings. The summed E-state index contributed by atoms with van der Waals surface area (Å²) >= 11 is 6.19.